The predicted molar refractivity (Wildman–Crippen MR) is 96.4 cm³/mol. The van der Waals surface area contributed by atoms with Gasteiger partial charge in [0.1, 0.15) is 4.88 Å². The first-order valence-electron chi connectivity index (χ1n) is 6.83. The van der Waals surface area contributed by atoms with Gasteiger partial charge in [0.2, 0.25) is 0 Å². The van der Waals surface area contributed by atoms with Crippen LogP contribution in [0, 0.1) is 10.1 Å². The maximum atomic E-state index is 12.2. The standard InChI is InChI=1S/C14H8Cl2N4O5S/c1-25-14(22)11-8(15)6-3-2-5(4-7(6)26-11)17-13(21)10-9(16)12(19-18-10)20(23)24/h2-4H,1H3,(H,17,21)(H,18,19). The number of halogens is 2. The Morgan fingerprint density at radius 2 is 2.08 bits per heavy atom. The summed E-state index contributed by atoms with van der Waals surface area (Å²) in [5.74, 6) is -1.85. The molecule has 0 spiro atoms. The number of hydrogen-bond acceptors (Lipinski definition) is 7. The lowest BCUT2D eigenvalue weighted by molar-refractivity contribution is -0.389. The zero-order valence-corrected chi connectivity index (χ0v) is 15.2. The van der Waals surface area contributed by atoms with E-state index in [-0.39, 0.29) is 20.6 Å². The monoisotopic (exact) mass is 414 g/mol. The zero-order chi connectivity index (χ0) is 19.0. The number of nitro groups is 1. The normalized spacial score (nSPS) is 10.7. The number of carbonyl (C=O) groups excluding carboxylic acids is 2. The highest BCUT2D eigenvalue weighted by Gasteiger charge is 2.25. The quantitative estimate of drug-likeness (QED) is 0.378. The number of hydrogen-bond donors (Lipinski definition) is 2. The van der Waals surface area contributed by atoms with Gasteiger partial charge < -0.3 is 20.2 Å². The Morgan fingerprint density at radius 3 is 2.69 bits per heavy atom. The largest absolute Gasteiger partial charge is 0.465 e. The van der Waals surface area contributed by atoms with E-state index < -0.39 is 22.6 Å². The molecule has 0 saturated carbocycles. The summed E-state index contributed by atoms with van der Waals surface area (Å²) in [4.78, 5) is 34.2. The summed E-state index contributed by atoms with van der Waals surface area (Å²) in [6.07, 6.45) is 0. The number of H-pyrrole nitrogens is 1. The third kappa shape index (κ3) is 3.09. The van der Waals surface area contributed by atoms with Gasteiger partial charge in [0, 0.05) is 15.8 Å². The van der Waals surface area contributed by atoms with Gasteiger partial charge in [-0.1, -0.05) is 28.3 Å². The smallest absolute Gasteiger partial charge is 0.362 e. The number of thiophene rings is 1. The Balaban J connectivity index is 1.90. The molecule has 0 saturated heterocycles. The SMILES string of the molecule is COC(=O)c1sc2cc(NC(=O)c3n[nH]c([N+](=O)[O-])c3Cl)ccc2c1Cl. The topological polar surface area (TPSA) is 127 Å². The molecule has 0 aliphatic heterocycles. The van der Waals surface area contributed by atoms with E-state index in [2.05, 4.69) is 20.3 Å². The number of esters is 1. The fourth-order valence-electron chi connectivity index (χ4n) is 2.15. The maximum Gasteiger partial charge on any atom is 0.362 e. The molecule has 12 heteroatoms. The van der Waals surface area contributed by atoms with Crippen molar-refractivity contribution >= 4 is 68.0 Å². The second-order valence-corrected chi connectivity index (χ2v) is 6.70. The van der Waals surface area contributed by atoms with Gasteiger partial charge in [-0.05, 0) is 23.1 Å². The fourth-order valence-corrected chi connectivity index (χ4v) is 3.85. The van der Waals surface area contributed by atoms with Crippen molar-refractivity contribution in [1.82, 2.24) is 10.2 Å². The Kier molecular flexibility index (Phi) is 4.81. The molecular formula is C14H8Cl2N4O5S. The number of anilines is 1. The van der Waals surface area contributed by atoms with Crippen molar-refractivity contribution < 1.29 is 19.2 Å². The van der Waals surface area contributed by atoms with Crippen LogP contribution in [0.1, 0.15) is 20.2 Å². The number of fused-ring (bicyclic) bond motifs is 1. The minimum atomic E-state index is -0.778. The number of benzene rings is 1. The summed E-state index contributed by atoms with van der Waals surface area (Å²) < 4.78 is 5.32. The van der Waals surface area contributed by atoms with Crippen LogP contribution >= 0.6 is 34.5 Å². The molecule has 2 N–H and O–H groups in total. The van der Waals surface area contributed by atoms with Gasteiger partial charge in [-0.2, -0.15) is 0 Å². The highest BCUT2D eigenvalue weighted by atomic mass is 35.5. The second kappa shape index (κ2) is 6.90. The molecule has 0 atom stereocenters. The summed E-state index contributed by atoms with van der Waals surface area (Å²) in [6.45, 7) is 0. The Bertz CT molecular complexity index is 1060. The Hall–Kier alpha value is -2.69. The number of nitrogens with zero attached hydrogens (tertiary/aromatic N) is 2. The van der Waals surface area contributed by atoms with Gasteiger partial charge in [0.15, 0.2) is 10.7 Å². The summed E-state index contributed by atoms with van der Waals surface area (Å²) in [5, 5.41) is 19.4. The average Bonchev–Trinajstić information content (AvgIpc) is 3.14. The summed E-state index contributed by atoms with van der Waals surface area (Å²) in [6, 6.07) is 4.80. The molecule has 0 unspecified atom stereocenters. The highest BCUT2D eigenvalue weighted by molar-refractivity contribution is 7.21. The third-order valence-electron chi connectivity index (χ3n) is 3.35. The van der Waals surface area contributed by atoms with Crippen LogP contribution < -0.4 is 5.32 Å². The molecule has 0 fully saturated rings. The molecule has 9 nitrogen and oxygen atoms in total. The summed E-state index contributed by atoms with van der Waals surface area (Å²) in [5.41, 5.74) is 0.0662. The van der Waals surface area contributed by atoms with E-state index in [1.807, 2.05) is 0 Å². The van der Waals surface area contributed by atoms with Gasteiger partial charge in [0.25, 0.3) is 5.91 Å². The van der Waals surface area contributed by atoms with Crippen molar-refractivity contribution in [2.45, 2.75) is 0 Å². The van der Waals surface area contributed by atoms with E-state index in [1.54, 1.807) is 18.2 Å². The van der Waals surface area contributed by atoms with Gasteiger partial charge >= 0.3 is 11.8 Å². The average molecular weight is 415 g/mol. The van der Waals surface area contributed by atoms with E-state index in [4.69, 9.17) is 23.2 Å². The molecule has 26 heavy (non-hydrogen) atoms. The van der Waals surface area contributed by atoms with Crippen molar-refractivity contribution in [2.75, 3.05) is 12.4 Å². The van der Waals surface area contributed by atoms with Crippen LogP contribution in [-0.2, 0) is 4.74 Å². The van der Waals surface area contributed by atoms with Gasteiger partial charge in [0.05, 0.1) is 12.1 Å². The van der Waals surface area contributed by atoms with Crippen LogP contribution in [0.2, 0.25) is 10.0 Å². The van der Waals surface area contributed by atoms with Crippen molar-refractivity contribution in [3.05, 3.63) is 48.9 Å². The van der Waals surface area contributed by atoms with Crippen LogP contribution in [0.15, 0.2) is 18.2 Å². The third-order valence-corrected chi connectivity index (χ3v) is 5.34. The minimum Gasteiger partial charge on any atom is -0.465 e. The predicted octanol–water partition coefficient (Wildman–Crippen LogP) is 3.88. The molecule has 1 aromatic carbocycles. The van der Waals surface area contributed by atoms with Crippen molar-refractivity contribution in [3.8, 4) is 0 Å². The number of amides is 1. The zero-order valence-electron chi connectivity index (χ0n) is 12.8. The molecule has 3 aromatic rings. The molecule has 134 valence electrons. The van der Waals surface area contributed by atoms with E-state index in [1.165, 1.54) is 7.11 Å². The first-order chi connectivity index (χ1) is 12.3. The first kappa shape index (κ1) is 18.1. The Labute approximate surface area is 159 Å². The number of rotatable bonds is 4. The van der Waals surface area contributed by atoms with Crippen LogP contribution in [0.25, 0.3) is 10.1 Å². The lowest BCUT2D eigenvalue weighted by Gasteiger charge is -2.03. The van der Waals surface area contributed by atoms with Crippen LogP contribution in [-0.4, -0.2) is 34.1 Å². The lowest BCUT2D eigenvalue weighted by Crippen LogP contribution is -2.12. The van der Waals surface area contributed by atoms with Crippen LogP contribution in [0.5, 0.6) is 0 Å². The van der Waals surface area contributed by atoms with E-state index in [0.717, 1.165) is 11.3 Å². The molecule has 0 bridgehead atoms. The maximum absolute atomic E-state index is 12.2. The molecule has 1 amide bonds. The molecular weight excluding hydrogens is 407 g/mol. The number of ether oxygens (including phenoxy) is 1. The Morgan fingerprint density at radius 1 is 1.35 bits per heavy atom. The van der Waals surface area contributed by atoms with Crippen molar-refractivity contribution in [3.63, 3.8) is 0 Å². The van der Waals surface area contributed by atoms with Crippen LogP contribution in [0.4, 0.5) is 11.5 Å². The number of carbonyl (C=O) groups is 2. The molecule has 3 rings (SSSR count). The molecule has 0 aliphatic carbocycles. The summed E-state index contributed by atoms with van der Waals surface area (Å²) in [7, 11) is 1.25. The van der Waals surface area contributed by atoms with Crippen molar-refractivity contribution in [1.29, 1.82) is 0 Å². The highest BCUT2D eigenvalue weighted by Crippen LogP contribution is 2.37. The molecule has 0 aliphatic rings. The van der Waals surface area contributed by atoms with E-state index >= 15 is 0 Å². The lowest BCUT2D eigenvalue weighted by atomic mass is 10.2. The number of aromatic amines is 1. The number of aromatic nitrogens is 2. The number of methoxy groups -OCH3 is 1. The minimum absolute atomic E-state index is 0.249. The summed E-state index contributed by atoms with van der Waals surface area (Å²) >= 11 is 13.1. The molecule has 0 radical (unpaired) electrons. The fraction of sp³-hybridized carbons (Fsp3) is 0.0714. The van der Waals surface area contributed by atoms with Crippen LogP contribution in [0.3, 0.4) is 0 Å². The van der Waals surface area contributed by atoms with E-state index in [9.17, 15) is 19.7 Å². The second-order valence-electron chi connectivity index (χ2n) is 4.89. The number of nitrogens with one attached hydrogen (secondary N) is 2. The van der Waals surface area contributed by atoms with Crippen molar-refractivity contribution in [2.24, 2.45) is 0 Å². The molecule has 2 heterocycles. The molecule has 2 aromatic heterocycles. The van der Waals surface area contributed by atoms with Gasteiger partial charge in [-0.25, -0.2) is 4.79 Å². The first-order valence-corrected chi connectivity index (χ1v) is 8.40. The van der Waals surface area contributed by atoms with Gasteiger partial charge in [-0.3, -0.25) is 4.79 Å². The van der Waals surface area contributed by atoms with Gasteiger partial charge in [-0.15, -0.1) is 16.4 Å². The van der Waals surface area contributed by atoms with E-state index in [0.29, 0.717) is 15.8 Å².